The Morgan fingerprint density at radius 3 is 2.68 bits per heavy atom. The highest BCUT2D eigenvalue weighted by atomic mass is 32.2. The molecule has 1 unspecified atom stereocenters. The number of hydrogen-bond donors (Lipinski definition) is 2. The van der Waals surface area contributed by atoms with Crippen LogP contribution in [-0.2, 0) is 14.8 Å². The van der Waals surface area contributed by atoms with E-state index in [2.05, 4.69) is 4.72 Å². The fourth-order valence-electron chi connectivity index (χ4n) is 1.92. The number of rotatable bonds is 7. The third-order valence-electron chi connectivity index (χ3n) is 2.83. The molecule has 6 heteroatoms. The van der Waals surface area contributed by atoms with Crippen LogP contribution >= 0.6 is 0 Å². The average molecular weight is 286 g/mol. The number of hydrogen-bond acceptors (Lipinski definition) is 4. The summed E-state index contributed by atoms with van der Waals surface area (Å²) in [6.07, 6.45) is 1.61. The second-order valence-corrected chi connectivity index (χ2v) is 6.27. The van der Waals surface area contributed by atoms with Crippen molar-refractivity contribution in [3.05, 3.63) is 23.8 Å². The molecule has 1 aromatic rings. The highest BCUT2D eigenvalue weighted by molar-refractivity contribution is 7.89. The fraction of sp³-hybridized carbons (Fsp3) is 0.538. The zero-order valence-electron chi connectivity index (χ0n) is 11.6. The molecule has 1 rings (SSSR count). The lowest BCUT2D eigenvalue weighted by molar-refractivity contribution is 0.171. The number of nitrogens with two attached hydrogens (primary N) is 1. The van der Waals surface area contributed by atoms with E-state index in [9.17, 15) is 8.42 Å². The van der Waals surface area contributed by atoms with Crippen molar-refractivity contribution in [2.75, 3.05) is 19.5 Å². The van der Waals surface area contributed by atoms with Crippen molar-refractivity contribution in [3.63, 3.8) is 0 Å². The molecule has 0 saturated heterocycles. The van der Waals surface area contributed by atoms with Crippen LogP contribution in [0.1, 0.15) is 25.3 Å². The number of anilines is 1. The molecule has 1 atom stereocenters. The maximum Gasteiger partial charge on any atom is 0.241 e. The largest absolute Gasteiger partial charge is 0.399 e. The highest BCUT2D eigenvalue weighted by Gasteiger charge is 2.21. The van der Waals surface area contributed by atoms with Gasteiger partial charge in [-0.1, -0.05) is 19.4 Å². The van der Waals surface area contributed by atoms with E-state index in [1.165, 1.54) is 6.07 Å². The molecule has 5 nitrogen and oxygen atoms in total. The predicted octanol–water partition coefficient (Wildman–Crippen LogP) is 1.67. The molecule has 0 saturated carbocycles. The standard InChI is InChI=1S/C13H22N2O3S/c1-4-5-12(9-18-3)15-19(16,17)13-8-11(14)7-6-10(13)2/h6-8,12,15H,4-5,9,14H2,1-3H3. The van der Waals surface area contributed by atoms with E-state index in [1.807, 2.05) is 6.92 Å². The third-order valence-corrected chi connectivity index (χ3v) is 4.49. The summed E-state index contributed by atoms with van der Waals surface area (Å²) in [5.41, 5.74) is 6.77. The Morgan fingerprint density at radius 2 is 2.11 bits per heavy atom. The SMILES string of the molecule is CCCC(COC)NS(=O)(=O)c1cc(N)ccc1C. The van der Waals surface area contributed by atoms with E-state index in [0.717, 1.165) is 12.8 Å². The van der Waals surface area contributed by atoms with Gasteiger partial charge in [0.05, 0.1) is 11.5 Å². The van der Waals surface area contributed by atoms with Gasteiger partial charge >= 0.3 is 0 Å². The molecular formula is C13H22N2O3S. The zero-order chi connectivity index (χ0) is 14.5. The quantitative estimate of drug-likeness (QED) is 0.747. The summed E-state index contributed by atoms with van der Waals surface area (Å²) >= 11 is 0. The molecule has 1 aromatic carbocycles. The molecule has 0 aliphatic carbocycles. The number of ether oxygens (including phenoxy) is 1. The van der Waals surface area contributed by atoms with E-state index in [1.54, 1.807) is 26.2 Å². The fourth-order valence-corrected chi connectivity index (χ4v) is 3.45. The molecule has 108 valence electrons. The van der Waals surface area contributed by atoms with Gasteiger partial charge < -0.3 is 10.5 Å². The Kier molecular flexibility index (Phi) is 5.78. The normalized spacial score (nSPS) is 13.4. The van der Waals surface area contributed by atoms with Crippen LogP contribution in [0.2, 0.25) is 0 Å². The lowest BCUT2D eigenvalue weighted by atomic mass is 10.2. The summed E-state index contributed by atoms with van der Waals surface area (Å²) in [4.78, 5) is 0.227. The van der Waals surface area contributed by atoms with Gasteiger partial charge in [-0.25, -0.2) is 13.1 Å². The summed E-state index contributed by atoms with van der Waals surface area (Å²) in [5, 5.41) is 0. The van der Waals surface area contributed by atoms with Crippen LogP contribution in [0.5, 0.6) is 0 Å². The van der Waals surface area contributed by atoms with Crippen LogP contribution in [0.3, 0.4) is 0 Å². The van der Waals surface area contributed by atoms with Crippen molar-refractivity contribution >= 4 is 15.7 Å². The Labute approximate surface area is 115 Å². The molecule has 0 radical (unpaired) electrons. The smallest absolute Gasteiger partial charge is 0.241 e. The van der Waals surface area contributed by atoms with Crippen LogP contribution in [0.4, 0.5) is 5.69 Å². The van der Waals surface area contributed by atoms with Crippen molar-refractivity contribution in [2.45, 2.75) is 37.6 Å². The first-order chi connectivity index (χ1) is 8.90. The first kappa shape index (κ1) is 15.9. The van der Waals surface area contributed by atoms with Gasteiger partial charge in [0.25, 0.3) is 0 Å². The van der Waals surface area contributed by atoms with E-state index in [4.69, 9.17) is 10.5 Å². The number of aryl methyl sites for hydroxylation is 1. The first-order valence-electron chi connectivity index (χ1n) is 6.28. The van der Waals surface area contributed by atoms with Crippen LogP contribution in [0, 0.1) is 6.92 Å². The second-order valence-electron chi connectivity index (χ2n) is 4.59. The lowest BCUT2D eigenvalue weighted by Gasteiger charge is -2.18. The highest BCUT2D eigenvalue weighted by Crippen LogP contribution is 2.19. The Hall–Kier alpha value is -1.11. The van der Waals surface area contributed by atoms with Crippen LogP contribution < -0.4 is 10.5 Å². The molecule has 0 aliphatic heterocycles. The maximum atomic E-state index is 12.3. The average Bonchev–Trinajstić information content (AvgIpc) is 2.32. The topological polar surface area (TPSA) is 81.4 Å². The Morgan fingerprint density at radius 1 is 1.42 bits per heavy atom. The van der Waals surface area contributed by atoms with Gasteiger partial charge in [0.15, 0.2) is 0 Å². The zero-order valence-corrected chi connectivity index (χ0v) is 12.5. The maximum absolute atomic E-state index is 12.3. The number of nitrogen functional groups attached to an aromatic ring is 1. The molecule has 0 bridgehead atoms. The molecule has 3 N–H and O–H groups in total. The van der Waals surface area contributed by atoms with Gasteiger partial charge in [0.1, 0.15) is 0 Å². The minimum absolute atomic E-state index is 0.221. The van der Waals surface area contributed by atoms with Crippen LogP contribution in [-0.4, -0.2) is 28.2 Å². The second kappa shape index (κ2) is 6.88. The van der Waals surface area contributed by atoms with Crippen molar-refractivity contribution in [2.24, 2.45) is 0 Å². The monoisotopic (exact) mass is 286 g/mol. The van der Waals surface area contributed by atoms with Gasteiger partial charge in [0, 0.05) is 18.8 Å². The van der Waals surface area contributed by atoms with E-state index in [0.29, 0.717) is 17.9 Å². The third kappa shape index (κ3) is 4.49. The Balaban J connectivity index is 2.99. The Bertz CT molecular complexity index is 509. The predicted molar refractivity (Wildman–Crippen MR) is 76.5 cm³/mol. The van der Waals surface area contributed by atoms with E-state index >= 15 is 0 Å². The van der Waals surface area contributed by atoms with Gasteiger partial charge in [-0.2, -0.15) is 0 Å². The molecule has 0 heterocycles. The molecule has 0 fully saturated rings. The minimum atomic E-state index is -3.57. The van der Waals surface area contributed by atoms with Crippen LogP contribution in [0.15, 0.2) is 23.1 Å². The molecule has 0 aromatic heterocycles. The molecule has 0 aliphatic rings. The molecular weight excluding hydrogens is 264 g/mol. The summed E-state index contributed by atoms with van der Waals surface area (Å²) in [6, 6.07) is 4.65. The van der Waals surface area contributed by atoms with Gasteiger partial charge in [-0.3, -0.25) is 0 Å². The summed E-state index contributed by atoms with van der Waals surface area (Å²) < 4.78 is 32.4. The number of benzene rings is 1. The number of methoxy groups -OCH3 is 1. The summed E-state index contributed by atoms with van der Waals surface area (Å²) in [6.45, 7) is 4.11. The van der Waals surface area contributed by atoms with Gasteiger partial charge in [-0.15, -0.1) is 0 Å². The van der Waals surface area contributed by atoms with Crippen molar-refractivity contribution in [3.8, 4) is 0 Å². The molecule has 0 amide bonds. The van der Waals surface area contributed by atoms with Crippen molar-refractivity contribution in [1.82, 2.24) is 4.72 Å². The van der Waals surface area contributed by atoms with E-state index in [-0.39, 0.29) is 10.9 Å². The number of sulfonamides is 1. The van der Waals surface area contributed by atoms with Crippen LogP contribution in [0.25, 0.3) is 0 Å². The number of nitrogens with one attached hydrogen (secondary N) is 1. The lowest BCUT2D eigenvalue weighted by Crippen LogP contribution is -2.38. The summed E-state index contributed by atoms with van der Waals surface area (Å²) in [7, 11) is -2.01. The molecule has 0 spiro atoms. The van der Waals surface area contributed by atoms with Gasteiger partial charge in [0.2, 0.25) is 10.0 Å². The first-order valence-corrected chi connectivity index (χ1v) is 7.76. The van der Waals surface area contributed by atoms with Crippen molar-refractivity contribution in [1.29, 1.82) is 0 Å². The van der Waals surface area contributed by atoms with E-state index < -0.39 is 10.0 Å². The summed E-state index contributed by atoms with van der Waals surface area (Å²) in [5.74, 6) is 0. The molecule has 19 heavy (non-hydrogen) atoms. The van der Waals surface area contributed by atoms with Crippen molar-refractivity contribution < 1.29 is 13.2 Å². The van der Waals surface area contributed by atoms with Gasteiger partial charge in [-0.05, 0) is 31.0 Å². The minimum Gasteiger partial charge on any atom is -0.399 e.